The van der Waals surface area contributed by atoms with E-state index < -0.39 is 0 Å². The highest BCUT2D eigenvalue weighted by molar-refractivity contribution is 8.01. The van der Waals surface area contributed by atoms with Gasteiger partial charge in [0.1, 0.15) is 5.82 Å². The maximum absolute atomic E-state index is 14.1. The average molecular weight is 419 g/mol. The van der Waals surface area contributed by atoms with Crippen molar-refractivity contribution in [2.24, 2.45) is 10.7 Å². The van der Waals surface area contributed by atoms with Crippen molar-refractivity contribution in [1.82, 2.24) is 4.90 Å². The molecule has 1 aromatic heterocycles. The van der Waals surface area contributed by atoms with Crippen LogP contribution in [0.2, 0.25) is 0 Å². The minimum Gasteiger partial charge on any atom is -0.370 e. The van der Waals surface area contributed by atoms with Crippen LogP contribution in [0.25, 0.3) is 0 Å². The van der Waals surface area contributed by atoms with Crippen LogP contribution in [0.5, 0.6) is 0 Å². The van der Waals surface area contributed by atoms with Crippen LogP contribution in [0.4, 0.5) is 10.1 Å². The number of benzene rings is 1. The Morgan fingerprint density at radius 2 is 1.86 bits per heavy atom. The molecule has 4 rings (SSSR count). The maximum Gasteiger partial charge on any atom is 0.193 e. The minimum atomic E-state index is -0.160. The molecular weight excluding hydrogens is 391 g/mol. The SMILES string of the molecule is CN(C)Cc1cc(F)c(SC/N=C(\N)Nc2c3c(cc4c2CCC4)CCC3)s1. The summed E-state index contributed by atoms with van der Waals surface area (Å²) in [6.07, 6.45) is 6.98. The van der Waals surface area contributed by atoms with E-state index in [1.54, 1.807) is 6.07 Å². The molecule has 1 heterocycles. The molecule has 28 heavy (non-hydrogen) atoms. The Balaban J connectivity index is 1.43. The molecule has 0 saturated carbocycles. The van der Waals surface area contributed by atoms with Crippen LogP contribution < -0.4 is 11.1 Å². The summed E-state index contributed by atoms with van der Waals surface area (Å²) in [6, 6.07) is 4.03. The second kappa shape index (κ2) is 8.43. The highest BCUT2D eigenvalue weighted by Crippen LogP contribution is 2.38. The first-order valence-corrected chi connectivity index (χ1v) is 11.6. The fourth-order valence-electron chi connectivity index (χ4n) is 4.18. The van der Waals surface area contributed by atoms with Crippen LogP contribution in [-0.2, 0) is 32.2 Å². The summed E-state index contributed by atoms with van der Waals surface area (Å²) in [6.45, 7) is 0.749. The fraction of sp³-hybridized carbons (Fsp3) is 0.476. The summed E-state index contributed by atoms with van der Waals surface area (Å²) in [5.74, 6) is 0.675. The normalized spacial score (nSPS) is 15.9. The molecule has 0 fully saturated rings. The lowest BCUT2D eigenvalue weighted by molar-refractivity contribution is 0.406. The molecule has 0 atom stereocenters. The van der Waals surface area contributed by atoms with Crippen molar-refractivity contribution in [3.8, 4) is 0 Å². The van der Waals surface area contributed by atoms with Gasteiger partial charge in [-0.1, -0.05) is 17.8 Å². The predicted octanol–water partition coefficient (Wildman–Crippen LogP) is 4.40. The monoisotopic (exact) mass is 418 g/mol. The highest BCUT2D eigenvalue weighted by Gasteiger charge is 2.24. The number of nitrogens with one attached hydrogen (secondary N) is 1. The molecule has 2 aliphatic rings. The number of thioether (sulfide) groups is 1. The van der Waals surface area contributed by atoms with E-state index in [1.165, 1.54) is 63.9 Å². The fourth-order valence-corrected chi connectivity index (χ4v) is 6.29. The van der Waals surface area contributed by atoms with Crippen molar-refractivity contribution in [3.63, 3.8) is 0 Å². The molecule has 0 saturated heterocycles. The molecule has 0 unspecified atom stereocenters. The number of thiophene rings is 1. The first-order valence-electron chi connectivity index (χ1n) is 9.80. The van der Waals surface area contributed by atoms with Gasteiger partial charge in [-0.15, -0.1) is 11.3 Å². The molecule has 0 amide bonds. The van der Waals surface area contributed by atoms with E-state index in [9.17, 15) is 4.39 Å². The van der Waals surface area contributed by atoms with E-state index in [0.717, 1.165) is 37.1 Å². The predicted molar refractivity (Wildman–Crippen MR) is 118 cm³/mol. The van der Waals surface area contributed by atoms with Crippen molar-refractivity contribution in [2.45, 2.75) is 49.3 Å². The van der Waals surface area contributed by atoms with Crippen LogP contribution in [0.15, 0.2) is 21.3 Å². The van der Waals surface area contributed by atoms with Gasteiger partial charge in [-0.3, -0.25) is 0 Å². The molecule has 2 aliphatic carbocycles. The Labute approximate surface area is 174 Å². The Morgan fingerprint density at radius 3 is 2.50 bits per heavy atom. The number of nitrogens with two attached hydrogens (primary N) is 1. The van der Waals surface area contributed by atoms with Crippen molar-refractivity contribution >= 4 is 34.7 Å². The van der Waals surface area contributed by atoms with Gasteiger partial charge >= 0.3 is 0 Å². The van der Waals surface area contributed by atoms with E-state index in [2.05, 4.69) is 16.4 Å². The van der Waals surface area contributed by atoms with E-state index in [1.807, 2.05) is 19.0 Å². The number of hydrogen-bond acceptors (Lipinski definition) is 4. The summed E-state index contributed by atoms with van der Waals surface area (Å²) < 4.78 is 14.8. The minimum absolute atomic E-state index is 0.160. The lowest BCUT2D eigenvalue weighted by Gasteiger charge is -2.16. The van der Waals surface area contributed by atoms with Crippen molar-refractivity contribution in [1.29, 1.82) is 0 Å². The smallest absolute Gasteiger partial charge is 0.193 e. The second-order valence-electron chi connectivity index (χ2n) is 7.76. The zero-order chi connectivity index (χ0) is 19.7. The molecule has 1 aromatic carbocycles. The zero-order valence-corrected chi connectivity index (χ0v) is 18.1. The van der Waals surface area contributed by atoms with Crippen LogP contribution >= 0.6 is 23.1 Å². The standard InChI is InChI=1S/C21H27FN4S2/c1-26(2)11-15-10-18(22)20(28-15)27-12-24-21(23)25-19-16-7-3-5-13(16)9-14-6-4-8-17(14)19/h9-10H,3-8,11-12H2,1-2H3,(H3,23,24,25). The number of aliphatic imine (C=N–C) groups is 1. The third-order valence-corrected chi connectivity index (χ3v) is 7.54. The summed E-state index contributed by atoms with van der Waals surface area (Å²) in [5.41, 5.74) is 13.2. The number of aryl methyl sites for hydroxylation is 2. The van der Waals surface area contributed by atoms with Crippen LogP contribution in [-0.4, -0.2) is 30.8 Å². The van der Waals surface area contributed by atoms with Gasteiger partial charge in [-0.25, -0.2) is 9.38 Å². The van der Waals surface area contributed by atoms with Gasteiger partial charge in [-0.05, 0) is 80.9 Å². The molecule has 0 aliphatic heterocycles. The van der Waals surface area contributed by atoms with E-state index in [4.69, 9.17) is 5.73 Å². The number of fused-ring (bicyclic) bond motifs is 2. The average Bonchev–Trinajstić information content (AvgIpc) is 3.34. The molecule has 3 N–H and O–H groups in total. The second-order valence-corrected chi connectivity index (χ2v) is 10.1. The van der Waals surface area contributed by atoms with Crippen LogP contribution in [0.3, 0.4) is 0 Å². The summed E-state index contributed by atoms with van der Waals surface area (Å²) >= 11 is 2.89. The van der Waals surface area contributed by atoms with Crippen molar-refractivity contribution < 1.29 is 4.39 Å². The van der Waals surface area contributed by atoms with E-state index in [-0.39, 0.29) is 5.82 Å². The molecule has 7 heteroatoms. The number of anilines is 1. The van der Waals surface area contributed by atoms with E-state index in [0.29, 0.717) is 16.0 Å². The molecule has 150 valence electrons. The summed E-state index contributed by atoms with van der Waals surface area (Å²) in [7, 11) is 3.97. The van der Waals surface area contributed by atoms with Crippen LogP contribution in [0.1, 0.15) is 40.0 Å². The lowest BCUT2D eigenvalue weighted by atomic mass is 9.99. The molecule has 2 aromatic rings. The Morgan fingerprint density at radius 1 is 1.18 bits per heavy atom. The Bertz CT molecular complexity index is 872. The Hall–Kier alpha value is -1.57. The lowest BCUT2D eigenvalue weighted by Crippen LogP contribution is -2.24. The van der Waals surface area contributed by atoms with Gasteiger partial charge in [0.15, 0.2) is 5.96 Å². The first kappa shape index (κ1) is 19.7. The van der Waals surface area contributed by atoms with Crippen molar-refractivity contribution in [2.75, 3.05) is 25.3 Å². The largest absolute Gasteiger partial charge is 0.370 e. The van der Waals surface area contributed by atoms with Crippen LogP contribution in [0, 0.1) is 5.82 Å². The molecule has 0 radical (unpaired) electrons. The molecule has 0 spiro atoms. The molecule has 0 bridgehead atoms. The number of hydrogen-bond donors (Lipinski definition) is 2. The van der Waals surface area contributed by atoms with Gasteiger partial charge in [-0.2, -0.15) is 0 Å². The molecule has 4 nitrogen and oxygen atoms in total. The van der Waals surface area contributed by atoms with Gasteiger partial charge in [0.05, 0.1) is 10.1 Å². The number of guanidine groups is 1. The van der Waals surface area contributed by atoms with Gasteiger partial charge in [0.2, 0.25) is 0 Å². The van der Waals surface area contributed by atoms with Gasteiger partial charge in [0, 0.05) is 17.1 Å². The van der Waals surface area contributed by atoms with Crippen molar-refractivity contribution in [3.05, 3.63) is 45.1 Å². The topological polar surface area (TPSA) is 53.6 Å². The zero-order valence-electron chi connectivity index (χ0n) is 16.5. The number of halogens is 1. The number of nitrogens with zero attached hydrogens (tertiary/aromatic N) is 2. The summed E-state index contributed by atoms with van der Waals surface area (Å²) in [5, 5.41) is 3.39. The first-order chi connectivity index (χ1) is 13.5. The summed E-state index contributed by atoms with van der Waals surface area (Å²) in [4.78, 5) is 7.51. The van der Waals surface area contributed by atoms with E-state index >= 15 is 0 Å². The maximum atomic E-state index is 14.1. The van der Waals surface area contributed by atoms with Gasteiger partial charge < -0.3 is 16.0 Å². The Kier molecular flexibility index (Phi) is 5.94. The number of rotatable bonds is 6. The third-order valence-electron chi connectivity index (χ3n) is 5.34. The highest BCUT2D eigenvalue weighted by atomic mass is 32.2. The molecular formula is C21H27FN4S2. The van der Waals surface area contributed by atoms with Gasteiger partial charge in [0.25, 0.3) is 0 Å². The quantitative estimate of drug-likeness (QED) is 0.415. The third kappa shape index (κ3) is 4.21.